The van der Waals surface area contributed by atoms with Gasteiger partial charge in [0.1, 0.15) is 12.6 Å². The second-order valence-electron chi connectivity index (χ2n) is 10.1. The van der Waals surface area contributed by atoms with Gasteiger partial charge in [0.05, 0.1) is 12.5 Å². The number of benzene rings is 3. The summed E-state index contributed by atoms with van der Waals surface area (Å²) in [5.74, 6) is -3.02. The van der Waals surface area contributed by atoms with Crippen LogP contribution in [0.4, 0.5) is 0 Å². The molecule has 45 heavy (non-hydrogen) atoms. The Labute approximate surface area is 261 Å². The minimum absolute atomic E-state index is 0.0119. The number of hydrogen-bond acceptors (Lipinski definition) is 6. The summed E-state index contributed by atoms with van der Waals surface area (Å²) >= 11 is 0. The standard InChI is InChI=1S/C32H37N9O4/c33-21-40-32(36)39-18-22-13-15-23(16-14-22)20-41(26(12-7-17-37-31(34)35)29(44)38-19-27(42)43)30(45)28(24-8-3-1-4-9-24)25-10-5-2-6-11-25/h1-6,8-11,13-16,26,28H,7,12,17-20H2,(H,38,44)(H,42,43)(H4,34,35,37)(H3,36,39,40)/t26-/m1/s1. The van der Waals surface area contributed by atoms with Crippen LogP contribution in [0.15, 0.2) is 94.9 Å². The number of rotatable bonds is 15. The van der Waals surface area contributed by atoms with Crippen molar-refractivity contribution < 1.29 is 19.5 Å². The molecule has 0 saturated heterocycles. The molecule has 13 heteroatoms. The smallest absolute Gasteiger partial charge is 0.322 e. The summed E-state index contributed by atoms with van der Waals surface area (Å²) in [5, 5.41) is 22.6. The predicted molar refractivity (Wildman–Crippen MR) is 170 cm³/mol. The Kier molecular flexibility index (Phi) is 12.9. The highest BCUT2D eigenvalue weighted by molar-refractivity contribution is 5.93. The fraction of sp³-hybridized carbons (Fsp3) is 0.250. The first-order valence-electron chi connectivity index (χ1n) is 14.2. The molecule has 3 aromatic rings. The lowest BCUT2D eigenvalue weighted by atomic mass is 9.89. The van der Waals surface area contributed by atoms with Crippen molar-refractivity contribution in [3.05, 3.63) is 107 Å². The minimum Gasteiger partial charge on any atom is -0.480 e. The molecule has 0 spiro atoms. The summed E-state index contributed by atoms with van der Waals surface area (Å²) in [7, 11) is 0. The molecule has 3 aromatic carbocycles. The fourth-order valence-electron chi connectivity index (χ4n) is 4.70. The second-order valence-corrected chi connectivity index (χ2v) is 10.1. The van der Waals surface area contributed by atoms with Crippen molar-refractivity contribution >= 4 is 29.7 Å². The van der Waals surface area contributed by atoms with Crippen molar-refractivity contribution in [1.29, 1.82) is 5.26 Å². The van der Waals surface area contributed by atoms with Gasteiger partial charge in [0.25, 0.3) is 0 Å². The average Bonchev–Trinajstić information content (AvgIpc) is 3.03. The topological polar surface area (TPSA) is 225 Å². The first kappa shape index (κ1) is 33.6. The van der Waals surface area contributed by atoms with E-state index in [0.29, 0.717) is 6.42 Å². The van der Waals surface area contributed by atoms with E-state index in [2.05, 4.69) is 20.6 Å². The summed E-state index contributed by atoms with van der Waals surface area (Å²) in [6.07, 6.45) is 2.23. The van der Waals surface area contributed by atoms with E-state index in [4.69, 9.17) is 22.5 Å². The van der Waals surface area contributed by atoms with Gasteiger partial charge in [-0.2, -0.15) is 5.26 Å². The molecule has 0 saturated carbocycles. The molecule has 0 radical (unpaired) electrons. The van der Waals surface area contributed by atoms with E-state index >= 15 is 0 Å². The first-order chi connectivity index (χ1) is 21.7. The lowest BCUT2D eigenvalue weighted by molar-refractivity contribution is -0.143. The number of nitrogens with two attached hydrogens (primary N) is 3. The van der Waals surface area contributed by atoms with Crippen molar-refractivity contribution in [2.24, 2.45) is 27.2 Å². The lowest BCUT2D eigenvalue weighted by Gasteiger charge is -2.34. The maximum Gasteiger partial charge on any atom is 0.322 e. The molecule has 0 bridgehead atoms. The van der Waals surface area contributed by atoms with Crippen molar-refractivity contribution in [2.75, 3.05) is 13.1 Å². The molecule has 234 valence electrons. The number of carboxylic acid groups (broad SMARTS) is 1. The van der Waals surface area contributed by atoms with Gasteiger partial charge in [-0.05, 0) is 35.1 Å². The molecule has 13 nitrogen and oxygen atoms in total. The molecular formula is C32H37N9O4. The Morgan fingerprint density at radius 3 is 1.98 bits per heavy atom. The van der Waals surface area contributed by atoms with Gasteiger partial charge in [0, 0.05) is 13.1 Å². The van der Waals surface area contributed by atoms with Gasteiger partial charge in [0.2, 0.25) is 17.8 Å². The summed E-state index contributed by atoms with van der Waals surface area (Å²) in [5.41, 5.74) is 19.6. The number of carboxylic acids is 1. The maximum absolute atomic E-state index is 14.7. The minimum atomic E-state index is -1.21. The molecule has 0 unspecified atom stereocenters. The molecule has 0 aromatic heterocycles. The van der Waals surface area contributed by atoms with E-state index in [1.165, 1.54) is 4.90 Å². The lowest BCUT2D eigenvalue weighted by Crippen LogP contribution is -2.51. The van der Waals surface area contributed by atoms with Gasteiger partial charge in [-0.1, -0.05) is 84.9 Å². The largest absolute Gasteiger partial charge is 0.480 e. The molecule has 0 aliphatic heterocycles. The highest BCUT2D eigenvalue weighted by atomic mass is 16.4. The van der Waals surface area contributed by atoms with E-state index in [9.17, 15) is 19.5 Å². The van der Waals surface area contributed by atoms with Crippen LogP contribution < -0.4 is 27.8 Å². The van der Waals surface area contributed by atoms with Crippen LogP contribution in [0.1, 0.15) is 41.0 Å². The highest BCUT2D eigenvalue weighted by Crippen LogP contribution is 2.29. The quantitative estimate of drug-likeness (QED) is 0.0479. The van der Waals surface area contributed by atoms with E-state index in [0.717, 1.165) is 22.3 Å². The van der Waals surface area contributed by atoms with Crippen LogP contribution in [-0.2, 0) is 27.5 Å². The molecule has 1 atom stereocenters. The number of aliphatic imine (C=N–C) groups is 2. The number of nitrogens with zero attached hydrogens (tertiary/aromatic N) is 4. The van der Waals surface area contributed by atoms with Crippen molar-refractivity contribution in [3.8, 4) is 6.19 Å². The fourth-order valence-corrected chi connectivity index (χ4v) is 4.70. The van der Waals surface area contributed by atoms with Crippen LogP contribution in [0.5, 0.6) is 0 Å². The van der Waals surface area contributed by atoms with Crippen molar-refractivity contribution in [2.45, 2.75) is 37.9 Å². The highest BCUT2D eigenvalue weighted by Gasteiger charge is 2.35. The van der Waals surface area contributed by atoms with Gasteiger partial charge < -0.3 is 32.5 Å². The molecule has 0 fully saturated rings. The number of aliphatic carboxylic acids is 1. The zero-order valence-corrected chi connectivity index (χ0v) is 24.7. The number of amides is 2. The third-order valence-electron chi connectivity index (χ3n) is 6.81. The van der Waals surface area contributed by atoms with Gasteiger partial charge in [-0.15, -0.1) is 0 Å². The van der Waals surface area contributed by atoms with Gasteiger partial charge in [-0.25, -0.2) is 4.99 Å². The zero-order valence-electron chi connectivity index (χ0n) is 24.7. The Bertz CT molecular complexity index is 1480. The number of guanidine groups is 2. The molecule has 0 aliphatic carbocycles. The van der Waals surface area contributed by atoms with Crippen molar-refractivity contribution in [3.63, 3.8) is 0 Å². The molecule has 3 rings (SSSR count). The molecule has 0 aliphatic rings. The van der Waals surface area contributed by atoms with Crippen LogP contribution in [0.2, 0.25) is 0 Å². The maximum atomic E-state index is 14.7. The Morgan fingerprint density at radius 1 is 0.867 bits per heavy atom. The number of carbonyl (C=O) groups excluding carboxylic acids is 2. The first-order valence-corrected chi connectivity index (χ1v) is 14.2. The van der Waals surface area contributed by atoms with Gasteiger partial charge in [0.15, 0.2) is 12.2 Å². The van der Waals surface area contributed by atoms with Crippen LogP contribution in [-0.4, -0.2) is 58.8 Å². The molecular weight excluding hydrogens is 574 g/mol. The van der Waals surface area contributed by atoms with Crippen molar-refractivity contribution in [1.82, 2.24) is 15.5 Å². The molecule has 0 heterocycles. The third kappa shape index (κ3) is 10.7. The van der Waals surface area contributed by atoms with E-state index in [1.54, 1.807) is 6.19 Å². The third-order valence-corrected chi connectivity index (χ3v) is 6.81. The van der Waals surface area contributed by atoms with Gasteiger partial charge >= 0.3 is 5.97 Å². The summed E-state index contributed by atoms with van der Waals surface area (Å²) in [6, 6.07) is 24.7. The summed E-state index contributed by atoms with van der Waals surface area (Å²) < 4.78 is 0. The normalized spacial score (nSPS) is 11.6. The van der Waals surface area contributed by atoms with Crippen LogP contribution in [0.3, 0.4) is 0 Å². The van der Waals surface area contributed by atoms with E-state index in [1.807, 2.05) is 84.9 Å². The molecule has 2 amide bonds. The van der Waals surface area contributed by atoms with Gasteiger partial charge in [-0.3, -0.25) is 24.7 Å². The number of hydrogen-bond donors (Lipinski definition) is 6. The summed E-state index contributed by atoms with van der Waals surface area (Å²) in [6.45, 7) is -0.124. The monoisotopic (exact) mass is 611 g/mol. The second kappa shape index (κ2) is 17.3. The van der Waals surface area contributed by atoms with Crippen LogP contribution in [0.25, 0.3) is 0 Å². The van der Waals surface area contributed by atoms with E-state index < -0.39 is 30.4 Å². The predicted octanol–water partition coefficient (Wildman–Crippen LogP) is 1.36. The summed E-state index contributed by atoms with van der Waals surface area (Å²) in [4.78, 5) is 49.1. The number of carbonyl (C=O) groups is 3. The SMILES string of the molecule is N#CNC(N)=NCc1ccc(CN(C(=O)C(c2ccccc2)c2ccccc2)[C@H](CCCN=C(N)N)C(=O)NCC(=O)O)cc1. The average molecular weight is 612 g/mol. The Hall–Kier alpha value is -5.90. The van der Waals surface area contributed by atoms with Crippen LogP contribution >= 0.6 is 0 Å². The Balaban J connectivity index is 2.05. The number of nitriles is 1. The van der Waals surface area contributed by atoms with Crippen LogP contribution in [0, 0.1) is 11.5 Å². The Morgan fingerprint density at radius 2 is 1.44 bits per heavy atom. The molecule has 9 N–H and O–H groups in total. The van der Waals surface area contributed by atoms with E-state index in [-0.39, 0.29) is 43.9 Å². The number of nitrogens with one attached hydrogen (secondary N) is 2. The zero-order chi connectivity index (χ0) is 32.6.